The molecule has 3 rings (SSSR count). The third kappa shape index (κ3) is 3.78. The maximum absolute atomic E-state index is 11.7. The topological polar surface area (TPSA) is 116 Å². The van der Waals surface area contributed by atoms with E-state index in [9.17, 15) is 15.0 Å². The Hall–Kier alpha value is -1.97. The number of nitrogens with one attached hydrogen (secondary N) is 1. The summed E-state index contributed by atoms with van der Waals surface area (Å²) in [7, 11) is 0. The van der Waals surface area contributed by atoms with Crippen LogP contribution < -0.4 is 10.2 Å². The highest BCUT2D eigenvalue weighted by Gasteiger charge is 2.43. The molecule has 2 heterocycles. The molecule has 2 aromatic rings. The smallest absolute Gasteiger partial charge is 0.226 e. The first-order chi connectivity index (χ1) is 13.4. The summed E-state index contributed by atoms with van der Waals surface area (Å²) in [5.41, 5.74) is 1.10. The first kappa shape index (κ1) is 20.8. The predicted molar refractivity (Wildman–Crippen MR) is 106 cm³/mol. The molecule has 28 heavy (non-hydrogen) atoms. The van der Waals surface area contributed by atoms with Crippen molar-refractivity contribution >= 4 is 34.5 Å². The molecule has 4 atom stereocenters. The fraction of sp³-hybridized carbons (Fsp3) is 0.667. The number of carbonyl (C=O) groups excluding carboxylic acids is 1. The lowest BCUT2D eigenvalue weighted by atomic mass is 10.2. The molecule has 0 aromatic carbocycles. The first-order valence-corrected chi connectivity index (χ1v) is 10.1. The van der Waals surface area contributed by atoms with Crippen molar-refractivity contribution in [2.24, 2.45) is 0 Å². The van der Waals surface area contributed by atoms with Crippen LogP contribution in [0.4, 0.5) is 5.82 Å². The standard InChI is InChI=1S/C18H27ClN6O3/c1-4-7-24(6-3)16-13-17(23-18(19)22-16)25(9-20-13)11-8-10(14(27)15(11)28)21-12(26)5-2/h9-11,14-15,27-28H,4-8H2,1-3H3,(H,21,26). The Morgan fingerprint density at radius 1 is 1.32 bits per heavy atom. The summed E-state index contributed by atoms with van der Waals surface area (Å²) >= 11 is 6.18. The largest absolute Gasteiger partial charge is 0.388 e. The fourth-order valence-electron chi connectivity index (χ4n) is 3.76. The number of nitrogens with zero attached hydrogens (tertiary/aromatic N) is 5. The Bertz CT molecular complexity index is 844. The van der Waals surface area contributed by atoms with Gasteiger partial charge in [0.05, 0.1) is 18.4 Å². The minimum Gasteiger partial charge on any atom is -0.388 e. The van der Waals surface area contributed by atoms with Crippen LogP contribution in [-0.2, 0) is 4.79 Å². The third-order valence-corrected chi connectivity index (χ3v) is 5.40. The minimum atomic E-state index is -1.07. The quantitative estimate of drug-likeness (QED) is 0.588. The van der Waals surface area contributed by atoms with Gasteiger partial charge >= 0.3 is 0 Å². The molecule has 154 valence electrons. The lowest BCUT2D eigenvalue weighted by Crippen LogP contribution is -2.42. The highest BCUT2D eigenvalue weighted by molar-refractivity contribution is 6.28. The zero-order chi connectivity index (χ0) is 20.4. The number of imidazole rings is 1. The fourth-order valence-corrected chi connectivity index (χ4v) is 3.92. The lowest BCUT2D eigenvalue weighted by Gasteiger charge is -2.22. The van der Waals surface area contributed by atoms with Crippen LogP contribution in [0.1, 0.15) is 46.1 Å². The van der Waals surface area contributed by atoms with Gasteiger partial charge in [0.1, 0.15) is 12.2 Å². The maximum atomic E-state index is 11.7. The number of carbonyl (C=O) groups is 1. The molecule has 0 bridgehead atoms. The zero-order valence-corrected chi connectivity index (χ0v) is 17.1. The molecule has 9 nitrogen and oxygen atoms in total. The van der Waals surface area contributed by atoms with Crippen molar-refractivity contribution in [1.82, 2.24) is 24.8 Å². The Labute approximate surface area is 168 Å². The number of anilines is 1. The number of aliphatic hydroxyl groups excluding tert-OH is 2. The minimum absolute atomic E-state index is 0.0997. The van der Waals surface area contributed by atoms with Gasteiger partial charge < -0.3 is 25.0 Å². The summed E-state index contributed by atoms with van der Waals surface area (Å²) in [6.07, 6.45) is 1.09. The van der Waals surface area contributed by atoms with E-state index in [1.807, 2.05) is 6.92 Å². The molecule has 1 fully saturated rings. The van der Waals surface area contributed by atoms with E-state index in [1.165, 1.54) is 0 Å². The van der Waals surface area contributed by atoms with Gasteiger partial charge in [0.15, 0.2) is 17.0 Å². The van der Waals surface area contributed by atoms with Gasteiger partial charge in [-0.3, -0.25) is 4.79 Å². The summed E-state index contributed by atoms with van der Waals surface area (Å²) in [4.78, 5) is 27.0. The summed E-state index contributed by atoms with van der Waals surface area (Å²) in [5, 5.41) is 23.8. The molecule has 0 aliphatic heterocycles. The molecule has 0 spiro atoms. The number of halogens is 1. The van der Waals surface area contributed by atoms with Crippen LogP contribution in [0.25, 0.3) is 11.2 Å². The van der Waals surface area contributed by atoms with Gasteiger partial charge in [-0.2, -0.15) is 9.97 Å². The molecular weight excluding hydrogens is 384 g/mol. The number of hydrogen-bond donors (Lipinski definition) is 3. The van der Waals surface area contributed by atoms with Crippen molar-refractivity contribution in [1.29, 1.82) is 0 Å². The van der Waals surface area contributed by atoms with E-state index in [0.717, 1.165) is 19.5 Å². The van der Waals surface area contributed by atoms with E-state index in [-0.39, 0.29) is 11.2 Å². The zero-order valence-electron chi connectivity index (χ0n) is 16.3. The van der Waals surface area contributed by atoms with Crippen molar-refractivity contribution in [3.05, 3.63) is 11.6 Å². The molecule has 3 N–H and O–H groups in total. The number of fused-ring (bicyclic) bond motifs is 1. The molecule has 2 aromatic heterocycles. The Balaban J connectivity index is 1.98. The molecule has 1 amide bonds. The summed E-state index contributed by atoms with van der Waals surface area (Å²) in [6.45, 7) is 7.42. The SMILES string of the molecule is CCCN(CC)c1nc(Cl)nc2c1ncn2C1CC(NC(=O)CC)C(O)C1O. The van der Waals surface area contributed by atoms with Crippen molar-refractivity contribution in [2.45, 2.75) is 64.3 Å². The van der Waals surface area contributed by atoms with Crippen LogP contribution in [0.2, 0.25) is 5.28 Å². The molecule has 0 saturated heterocycles. The Kier molecular flexibility index (Phi) is 6.36. The lowest BCUT2D eigenvalue weighted by molar-refractivity contribution is -0.122. The van der Waals surface area contributed by atoms with Gasteiger partial charge in [-0.05, 0) is 31.4 Å². The van der Waals surface area contributed by atoms with Gasteiger partial charge in [-0.15, -0.1) is 0 Å². The van der Waals surface area contributed by atoms with E-state index >= 15 is 0 Å². The van der Waals surface area contributed by atoms with Crippen LogP contribution in [0.5, 0.6) is 0 Å². The van der Waals surface area contributed by atoms with Crippen LogP contribution in [-0.4, -0.2) is 67.0 Å². The molecular formula is C18H27ClN6O3. The number of rotatable bonds is 7. The number of hydrogen-bond acceptors (Lipinski definition) is 7. The van der Waals surface area contributed by atoms with Gasteiger partial charge in [-0.25, -0.2) is 4.98 Å². The second-order valence-corrected chi connectivity index (χ2v) is 7.37. The molecule has 4 unspecified atom stereocenters. The van der Waals surface area contributed by atoms with E-state index in [4.69, 9.17) is 11.6 Å². The summed E-state index contributed by atoms with van der Waals surface area (Å²) < 4.78 is 1.72. The average molecular weight is 411 g/mol. The number of amides is 1. The second kappa shape index (κ2) is 8.59. The first-order valence-electron chi connectivity index (χ1n) is 9.71. The number of aliphatic hydroxyl groups is 2. The Morgan fingerprint density at radius 2 is 2.07 bits per heavy atom. The van der Waals surface area contributed by atoms with E-state index in [0.29, 0.717) is 29.8 Å². The van der Waals surface area contributed by atoms with Crippen LogP contribution >= 0.6 is 11.6 Å². The van der Waals surface area contributed by atoms with Crippen molar-refractivity contribution in [3.63, 3.8) is 0 Å². The van der Waals surface area contributed by atoms with E-state index in [2.05, 4.69) is 32.1 Å². The summed E-state index contributed by atoms with van der Waals surface area (Å²) in [5.74, 6) is 0.486. The molecule has 1 aliphatic carbocycles. The van der Waals surface area contributed by atoms with Crippen molar-refractivity contribution in [2.75, 3.05) is 18.0 Å². The molecule has 1 aliphatic rings. The van der Waals surface area contributed by atoms with Crippen LogP contribution in [0.15, 0.2) is 6.33 Å². The predicted octanol–water partition coefficient (Wildman–Crippen LogP) is 1.28. The molecule has 0 radical (unpaired) electrons. The van der Waals surface area contributed by atoms with Gasteiger partial charge in [-0.1, -0.05) is 13.8 Å². The maximum Gasteiger partial charge on any atom is 0.226 e. The van der Waals surface area contributed by atoms with Crippen LogP contribution in [0.3, 0.4) is 0 Å². The molecule has 1 saturated carbocycles. The van der Waals surface area contributed by atoms with Crippen molar-refractivity contribution in [3.8, 4) is 0 Å². The van der Waals surface area contributed by atoms with Gasteiger partial charge in [0.25, 0.3) is 0 Å². The van der Waals surface area contributed by atoms with Gasteiger partial charge in [0, 0.05) is 19.5 Å². The Morgan fingerprint density at radius 3 is 2.71 bits per heavy atom. The van der Waals surface area contributed by atoms with Gasteiger partial charge in [0.2, 0.25) is 11.2 Å². The van der Waals surface area contributed by atoms with Crippen LogP contribution in [0, 0.1) is 0 Å². The monoisotopic (exact) mass is 410 g/mol. The highest BCUT2D eigenvalue weighted by Crippen LogP contribution is 2.35. The summed E-state index contributed by atoms with van der Waals surface area (Å²) in [6, 6.07) is -1.02. The van der Waals surface area contributed by atoms with Crippen molar-refractivity contribution < 1.29 is 15.0 Å². The molecule has 10 heteroatoms. The third-order valence-electron chi connectivity index (χ3n) is 5.23. The number of aromatic nitrogens is 4. The van der Waals surface area contributed by atoms with E-state index < -0.39 is 24.3 Å². The van der Waals surface area contributed by atoms with E-state index in [1.54, 1.807) is 17.8 Å². The normalized spacial score (nSPS) is 24.6. The average Bonchev–Trinajstić information content (AvgIpc) is 3.21. The highest BCUT2D eigenvalue weighted by atomic mass is 35.5. The second-order valence-electron chi connectivity index (χ2n) is 7.03.